The molecule has 2 unspecified atom stereocenters. The number of carboxylic acid groups (broad SMARTS) is 1. The Morgan fingerprint density at radius 1 is 1.45 bits per heavy atom. The van der Waals surface area contributed by atoms with Crippen LogP contribution in [0.4, 0.5) is 11.4 Å². The molecule has 1 aromatic rings. The van der Waals surface area contributed by atoms with Crippen molar-refractivity contribution in [3.8, 4) is 0 Å². The predicted molar refractivity (Wildman–Crippen MR) is 71.9 cm³/mol. The van der Waals surface area contributed by atoms with E-state index in [1.807, 2.05) is 0 Å². The second-order valence-electron chi connectivity index (χ2n) is 4.90. The second kappa shape index (κ2) is 5.87. The van der Waals surface area contributed by atoms with Gasteiger partial charge in [-0.25, -0.2) is 4.79 Å². The van der Waals surface area contributed by atoms with Crippen molar-refractivity contribution in [3.05, 3.63) is 33.9 Å². The maximum atomic E-state index is 11.1. The number of anilines is 1. The average Bonchev–Trinajstić information content (AvgIpc) is 2.81. The number of carboxylic acids is 1. The van der Waals surface area contributed by atoms with E-state index in [-0.39, 0.29) is 17.2 Å². The molecule has 1 aliphatic rings. The van der Waals surface area contributed by atoms with Gasteiger partial charge >= 0.3 is 11.7 Å². The zero-order valence-corrected chi connectivity index (χ0v) is 10.8. The summed E-state index contributed by atoms with van der Waals surface area (Å²) in [7, 11) is 0. The first kappa shape index (κ1) is 14.3. The number of nitro groups is 1. The first-order valence-corrected chi connectivity index (χ1v) is 6.43. The van der Waals surface area contributed by atoms with Crippen LogP contribution in [0.15, 0.2) is 18.2 Å². The number of aliphatic hydroxyl groups is 1. The average molecular weight is 280 g/mol. The zero-order valence-electron chi connectivity index (χ0n) is 10.8. The summed E-state index contributed by atoms with van der Waals surface area (Å²) in [5.41, 5.74) is -0.603. The number of rotatable bonds is 5. The third-order valence-corrected chi connectivity index (χ3v) is 3.62. The van der Waals surface area contributed by atoms with Crippen molar-refractivity contribution in [1.29, 1.82) is 0 Å². The van der Waals surface area contributed by atoms with Crippen LogP contribution in [0.1, 0.15) is 29.6 Å². The van der Waals surface area contributed by atoms with Crippen LogP contribution in [-0.2, 0) is 0 Å². The van der Waals surface area contributed by atoms with Crippen LogP contribution in [0.3, 0.4) is 0 Å². The van der Waals surface area contributed by atoms with Gasteiger partial charge in [-0.05, 0) is 25.0 Å². The van der Waals surface area contributed by atoms with Gasteiger partial charge in [0.25, 0.3) is 0 Å². The van der Waals surface area contributed by atoms with E-state index in [4.69, 9.17) is 5.11 Å². The van der Waals surface area contributed by atoms with E-state index in [0.717, 1.165) is 19.3 Å². The molecule has 108 valence electrons. The topological polar surface area (TPSA) is 113 Å². The summed E-state index contributed by atoms with van der Waals surface area (Å²) in [5, 5.41) is 32.7. The molecular weight excluding hydrogens is 264 g/mol. The van der Waals surface area contributed by atoms with Crippen LogP contribution in [0.25, 0.3) is 0 Å². The zero-order chi connectivity index (χ0) is 14.7. The van der Waals surface area contributed by atoms with Crippen LogP contribution < -0.4 is 5.32 Å². The van der Waals surface area contributed by atoms with E-state index < -0.39 is 22.7 Å². The van der Waals surface area contributed by atoms with Crippen LogP contribution >= 0.6 is 0 Å². The standard InChI is InChI=1S/C13H16N2O5/c16-11-6-1-3-8(11)7-14-10-5-2-4-9(13(17)18)12(10)15(19)20/h2,4-5,8,11,14,16H,1,3,6-7H2,(H,17,18). The minimum Gasteiger partial charge on any atom is -0.477 e. The van der Waals surface area contributed by atoms with E-state index >= 15 is 0 Å². The van der Waals surface area contributed by atoms with Crippen molar-refractivity contribution < 1.29 is 19.9 Å². The van der Waals surface area contributed by atoms with Gasteiger partial charge in [0.2, 0.25) is 0 Å². The molecule has 0 amide bonds. The Bertz CT molecular complexity index is 531. The molecule has 7 nitrogen and oxygen atoms in total. The maximum absolute atomic E-state index is 11.1. The highest BCUT2D eigenvalue weighted by Gasteiger charge is 2.27. The Morgan fingerprint density at radius 2 is 2.20 bits per heavy atom. The number of para-hydroxylation sites is 1. The fourth-order valence-corrected chi connectivity index (χ4v) is 2.55. The minimum atomic E-state index is -1.33. The number of hydrogen-bond donors (Lipinski definition) is 3. The number of nitrogens with zero attached hydrogens (tertiary/aromatic N) is 1. The predicted octanol–water partition coefficient (Wildman–Crippen LogP) is 1.87. The SMILES string of the molecule is O=C(O)c1cccc(NCC2CCCC2O)c1[N+](=O)[O-]. The molecule has 0 saturated heterocycles. The first-order valence-electron chi connectivity index (χ1n) is 6.43. The summed E-state index contributed by atoms with van der Waals surface area (Å²) in [5.74, 6) is -1.29. The van der Waals surface area contributed by atoms with E-state index in [1.165, 1.54) is 18.2 Å². The van der Waals surface area contributed by atoms with Gasteiger partial charge in [-0.2, -0.15) is 0 Å². The summed E-state index contributed by atoms with van der Waals surface area (Å²) in [4.78, 5) is 21.4. The van der Waals surface area contributed by atoms with Crippen LogP contribution in [0.5, 0.6) is 0 Å². The summed E-state index contributed by atoms with van der Waals surface area (Å²) < 4.78 is 0. The number of aromatic carboxylic acids is 1. The van der Waals surface area contributed by atoms with Crippen molar-refractivity contribution in [3.63, 3.8) is 0 Å². The highest BCUT2D eigenvalue weighted by atomic mass is 16.6. The molecule has 3 N–H and O–H groups in total. The van der Waals surface area contributed by atoms with Crippen molar-refractivity contribution in [2.45, 2.75) is 25.4 Å². The van der Waals surface area contributed by atoms with Crippen LogP contribution in [-0.4, -0.2) is 33.8 Å². The largest absolute Gasteiger partial charge is 0.477 e. The lowest BCUT2D eigenvalue weighted by Crippen LogP contribution is -2.22. The van der Waals surface area contributed by atoms with Crippen molar-refractivity contribution in [1.82, 2.24) is 0 Å². The number of benzene rings is 1. The van der Waals surface area contributed by atoms with Crippen molar-refractivity contribution in [2.24, 2.45) is 5.92 Å². The summed E-state index contributed by atoms with van der Waals surface area (Å²) in [6, 6.07) is 4.14. The molecule has 0 aliphatic heterocycles. The molecule has 20 heavy (non-hydrogen) atoms. The molecule has 0 radical (unpaired) electrons. The molecular formula is C13H16N2O5. The van der Waals surface area contributed by atoms with Gasteiger partial charge in [-0.3, -0.25) is 10.1 Å². The molecule has 1 fully saturated rings. The van der Waals surface area contributed by atoms with Gasteiger partial charge in [0.05, 0.1) is 11.0 Å². The monoisotopic (exact) mass is 280 g/mol. The van der Waals surface area contributed by atoms with Gasteiger partial charge in [-0.15, -0.1) is 0 Å². The Morgan fingerprint density at radius 3 is 2.75 bits per heavy atom. The molecule has 1 aromatic carbocycles. The van der Waals surface area contributed by atoms with E-state index in [9.17, 15) is 20.0 Å². The number of hydrogen-bond acceptors (Lipinski definition) is 5. The summed E-state index contributed by atoms with van der Waals surface area (Å²) >= 11 is 0. The smallest absolute Gasteiger partial charge is 0.342 e. The number of carbonyl (C=O) groups is 1. The van der Waals surface area contributed by atoms with Gasteiger partial charge < -0.3 is 15.5 Å². The fourth-order valence-electron chi connectivity index (χ4n) is 2.55. The quantitative estimate of drug-likeness (QED) is 0.560. The number of nitro benzene ring substituents is 1. The molecule has 1 aliphatic carbocycles. The number of nitrogens with one attached hydrogen (secondary N) is 1. The minimum absolute atomic E-state index is 0.0445. The Balaban J connectivity index is 2.20. The number of aliphatic hydroxyl groups excluding tert-OH is 1. The molecule has 2 rings (SSSR count). The molecule has 0 spiro atoms. The molecule has 0 bridgehead atoms. The lowest BCUT2D eigenvalue weighted by molar-refractivity contribution is -0.384. The van der Waals surface area contributed by atoms with Crippen LogP contribution in [0, 0.1) is 16.0 Å². The molecule has 1 saturated carbocycles. The molecule has 2 atom stereocenters. The molecule has 0 aromatic heterocycles. The fraction of sp³-hybridized carbons (Fsp3) is 0.462. The maximum Gasteiger partial charge on any atom is 0.342 e. The van der Waals surface area contributed by atoms with Crippen LogP contribution in [0.2, 0.25) is 0 Å². The first-order chi connectivity index (χ1) is 9.50. The third-order valence-electron chi connectivity index (χ3n) is 3.62. The summed E-state index contributed by atoms with van der Waals surface area (Å²) in [6.07, 6.45) is 2.14. The van der Waals surface area contributed by atoms with E-state index in [2.05, 4.69) is 5.32 Å². The van der Waals surface area contributed by atoms with Gasteiger partial charge in [0.1, 0.15) is 11.3 Å². The van der Waals surface area contributed by atoms with E-state index in [0.29, 0.717) is 6.54 Å². The third kappa shape index (κ3) is 2.88. The van der Waals surface area contributed by atoms with Gasteiger partial charge in [0.15, 0.2) is 0 Å². The highest BCUT2D eigenvalue weighted by molar-refractivity contribution is 5.95. The molecule has 0 heterocycles. The van der Waals surface area contributed by atoms with E-state index in [1.54, 1.807) is 0 Å². The Kier molecular flexibility index (Phi) is 4.19. The van der Waals surface area contributed by atoms with Gasteiger partial charge in [-0.1, -0.05) is 12.5 Å². The second-order valence-corrected chi connectivity index (χ2v) is 4.90. The van der Waals surface area contributed by atoms with Gasteiger partial charge in [0, 0.05) is 12.5 Å². The van der Waals surface area contributed by atoms with Crippen molar-refractivity contribution >= 4 is 17.3 Å². The Hall–Kier alpha value is -2.15. The summed E-state index contributed by atoms with van der Waals surface area (Å²) in [6.45, 7) is 0.394. The highest BCUT2D eigenvalue weighted by Crippen LogP contribution is 2.31. The lowest BCUT2D eigenvalue weighted by atomic mass is 10.1. The normalized spacial score (nSPS) is 21.6. The Labute approximate surface area is 115 Å². The lowest BCUT2D eigenvalue weighted by Gasteiger charge is -2.16. The molecule has 7 heteroatoms. The van der Waals surface area contributed by atoms with Crippen molar-refractivity contribution in [2.75, 3.05) is 11.9 Å².